The Morgan fingerprint density at radius 2 is 1.88 bits per heavy atom. The lowest BCUT2D eigenvalue weighted by molar-refractivity contribution is 0.0988. The van der Waals surface area contributed by atoms with Gasteiger partial charge in [0.2, 0.25) is 0 Å². The second kappa shape index (κ2) is 8.02. The standard InChI is InChI=1S/C21H20ClN3O/c1-3-25(18-8-5-4-6-9-18)21(26)16-12-17(14-23-13-16)24-20-11-7-10-19(22)15(20)2/h4-14,24H,3H2,1-2H3. The minimum absolute atomic E-state index is 0.0855. The van der Waals surface area contributed by atoms with Gasteiger partial charge in [0, 0.05) is 29.1 Å². The highest BCUT2D eigenvalue weighted by atomic mass is 35.5. The van der Waals surface area contributed by atoms with Gasteiger partial charge < -0.3 is 10.2 Å². The summed E-state index contributed by atoms with van der Waals surface area (Å²) in [7, 11) is 0. The van der Waals surface area contributed by atoms with Gasteiger partial charge in [-0.15, -0.1) is 0 Å². The van der Waals surface area contributed by atoms with E-state index < -0.39 is 0 Å². The number of anilines is 3. The minimum atomic E-state index is -0.0855. The number of para-hydroxylation sites is 1. The van der Waals surface area contributed by atoms with Crippen LogP contribution in [0, 0.1) is 6.92 Å². The van der Waals surface area contributed by atoms with E-state index in [2.05, 4.69) is 10.3 Å². The zero-order chi connectivity index (χ0) is 18.5. The van der Waals surface area contributed by atoms with E-state index in [0.29, 0.717) is 17.1 Å². The summed E-state index contributed by atoms with van der Waals surface area (Å²) in [6, 6.07) is 17.1. The third-order valence-corrected chi connectivity index (χ3v) is 4.57. The second-order valence-corrected chi connectivity index (χ2v) is 6.29. The molecule has 1 amide bonds. The number of pyridine rings is 1. The van der Waals surface area contributed by atoms with E-state index in [0.717, 1.165) is 22.6 Å². The number of nitrogens with zero attached hydrogens (tertiary/aromatic N) is 2. The number of amides is 1. The molecule has 0 fully saturated rings. The van der Waals surface area contributed by atoms with Crippen molar-refractivity contribution in [3.63, 3.8) is 0 Å². The maximum Gasteiger partial charge on any atom is 0.259 e. The molecule has 3 aromatic rings. The number of aromatic nitrogens is 1. The van der Waals surface area contributed by atoms with Crippen LogP contribution in [-0.4, -0.2) is 17.4 Å². The number of hydrogen-bond donors (Lipinski definition) is 1. The first-order valence-corrected chi connectivity index (χ1v) is 8.82. The van der Waals surface area contributed by atoms with E-state index in [4.69, 9.17) is 11.6 Å². The van der Waals surface area contributed by atoms with Crippen LogP contribution >= 0.6 is 11.6 Å². The van der Waals surface area contributed by atoms with Crippen LogP contribution in [0.25, 0.3) is 0 Å². The van der Waals surface area contributed by atoms with Gasteiger partial charge in [0.25, 0.3) is 5.91 Å². The first kappa shape index (κ1) is 18.0. The SMILES string of the molecule is CCN(C(=O)c1cncc(Nc2cccc(Cl)c2C)c1)c1ccccc1. The Hall–Kier alpha value is -2.85. The van der Waals surface area contributed by atoms with Gasteiger partial charge in [-0.05, 0) is 49.7 Å². The zero-order valence-corrected chi connectivity index (χ0v) is 15.5. The summed E-state index contributed by atoms with van der Waals surface area (Å²) >= 11 is 6.17. The minimum Gasteiger partial charge on any atom is -0.354 e. The van der Waals surface area contributed by atoms with Gasteiger partial charge in [0.1, 0.15) is 0 Å². The fraction of sp³-hybridized carbons (Fsp3) is 0.143. The molecule has 3 rings (SSSR count). The molecule has 1 heterocycles. The van der Waals surface area contributed by atoms with Gasteiger partial charge >= 0.3 is 0 Å². The summed E-state index contributed by atoms with van der Waals surface area (Å²) in [5.41, 5.74) is 3.97. The fourth-order valence-corrected chi connectivity index (χ4v) is 2.91. The maximum absolute atomic E-state index is 12.9. The lowest BCUT2D eigenvalue weighted by Gasteiger charge is -2.21. The highest BCUT2D eigenvalue weighted by Crippen LogP contribution is 2.26. The summed E-state index contributed by atoms with van der Waals surface area (Å²) in [6.45, 7) is 4.48. The van der Waals surface area contributed by atoms with Crippen LogP contribution < -0.4 is 10.2 Å². The van der Waals surface area contributed by atoms with Gasteiger partial charge in [-0.1, -0.05) is 35.9 Å². The van der Waals surface area contributed by atoms with Gasteiger partial charge in [-0.25, -0.2) is 0 Å². The molecule has 0 unspecified atom stereocenters. The number of hydrogen-bond acceptors (Lipinski definition) is 3. The molecule has 0 aliphatic rings. The average Bonchev–Trinajstić information content (AvgIpc) is 2.67. The van der Waals surface area contributed by atoms with Crippen molar-refractivity contribution in [3.8, 4) is 0 Å². The third-order valence-electron chi connectivity index (χ3n) is 4.16. The predicted octanol–water partition coefficient (Wildman–Crippen LogP) is 5.45. The van der Waals surface area contributed by atoms with E-state index in [1.54, 1.807) is 23.4 Å². The molecule has 0 aliphatic carbocycles. The molecule has 0 bridgehead atoms. The van der Waals surface area contributed by atoms with Crippen molar-refractivity contribution < 1.29 is 4.79 Å². The Bertz CT molecular complexity index is 912. The molecular weight excluding hydrogens is 346 g/mol. The van der Waals surface area contributed by atoms with Crippen LogP contribution in [0.5, 0.6) is 0 Å². The normalized spacial score (nSPS) is 10.4. The summed E-state index contributed by atoms with van der Waals surface area (Å²) < 4.78 is 0. The quantitative estimate of drug-likeness (QED) is 0.653. The zero-order valence-electron chi connectivity index (χ0n) is 14.7. The van der Waals surface area contributed by atoms with Crippen LogP contribution in [0.2, 0.25) is 5.02 Å². The van der Waals surface area contributed by atoms with Crippen LogP contribution in [0.3, 0.4) is 0 Å². The Morgan fingerprint density at radius 1 is 1.12 bits per heavy atom. The van der Waals surface area contributed by atoms with E-state index in [-0.39, 0.29) is 5.91 Å². The molecule has 0 saturated heterocycles. The monoisotopic (exact) mass is 365 g/mol. The number of halogens is 1. The second-order valence-electron chi connectivity index (χ2n) is 5.88. The van der Waals surface area contributed by atoms with E-state index >= 15 is 0 Å². The lowest BCUT2D eigenvalue weighted by Crippen LogP contribution is -2.30. The smallest absolute Gasteiger partial charge is 0.259 e. The van der Waals surface area contributed by atoms with Crippen molar-refractivity contribution in [2.24, 2.45) is 0 Å². The van der Waals surface area contributed by atoms with Crippen LogP contribution in [0.4, 0.5) is 17.1 Å². The Balaban J connectivity index is 1.86. The summed E-state index contributed by atoms with van der Waals surface area (Å²) in [6.07, 6.45) is 3.28. The van der Waals surface area contributed by atoms with Crippen LogP contribution in [0.15, 0.2) is 67.0 Å². The van der Waals surface area contributed by atoms with E-state index in [1.807, 2.05) is 62.4 Å². The maximum atomic E-state index is 12.9. The molecule has 26 heavy (non-hydrogen) atoms. The van der Waals surface area contributed by atoms with Crippen molar-refractivity contribution in [1.29, 1.82) is 0 Å². The van der Waals surface area contributed by atoms with Crippen molar-refractivity contribution in [1.82, 2.24) is 4.98 Å². The molecule has 0 atom stereocenters. The number of rotatable bonds is 5. The molecule has 4 nitrogen and oxygen atoms in total. The molecular formula is C21H20ClN3O. The highest BCUT2D eigenvalue weighted by Gasteiger charge is 2.16. The van der Waals surface area contributed by atoms with E-state index in [1.165, 1.54) is 0 Å². The van der Waals surface area contributed by atoms with Gasteiger partial charge in [-0.3, -0.25) is 9.78 Å². The molecule has 0 aliphatic heterocycles. The molecule has 132 valence electrons. The average molecular weight is 366 g/mol. The van der Waals surface area contributed by atoms with Crippen LogP contribution in [0.1, 0.15) is 22.8 Å². The first-order valence-electron chi connectivity index (χ1n) is 8.44. The molecule has 5 heteroatoms. The third kappa shape index (κ3) is 3.86. The molecule has 0 spiro atoms. The molecule has 1 aromatic heterocycles. The highest BCUT2D eigenvalue weighted by molar-refractivity contribution is 6.31. The van der Waals surface area contributed by atoms with Crippen LogP contribution in [-0.2, 0) is 0 Å². The van der Waals surface area contributed by atoms with Gasteiger partial charge in [0.05, 0.1) is 17.4 Å². The van der Waals surface area contributed by atoms with Crippen molar-refractivity contribution in [3.05, 3.63) is 83.1 Å². The van der Waals surface area contributed by atoms with Crippen molar-refractivity contribution >= 4 is 34.6 Å². The number of carbonyl (C=O) groups excluding carboxylic acids is 1. The van der Waals surface area contributed by atoms with Crippen molar-refractivity contribution in [2.75, 3.05) is 16.8 Å². The summed E-state index contributed by atoms with van der Waals surface area (Å²) in [5.74, 6) is -0.0855. The number of benzene rings is 2. The largest absolute Gasteiger partial charge is 0.354 e. The molecule has 1 N–H and O–H groups in total. The van der Waals surface area contributed by atoms with Gasteiger partial charge in [-0.2, -0.15) is 0 Å². The lowest BCUT2D eigenvalue weighted by atomic mass is 10.1. The van der Waals surface area contributed by atoms with Gasteiger partial charge in [0.15, 0.2) is 0 Å². The topological polar surface area (TPSA) is 45.2 Å². The molecule has 2 aromatic carbocycles. The fourth-order valence-electron chi connectivity index (χ4n) is 2.73. The van der Waals surface area contributed by atoms with E-state index in [9.17, 15) is 4.79 Å². The molecule has 0 saturated carbocycles. The number of carbonyl (C=O) groups is 1. The van der Waals surface area contributed by atoms with Crippen molar-refractivity contribution in [2.45, 2.75) is 13.8 Å². The Kier molecular flexibility index (Phi) is 5.54. The number of nitrogens with one attached hydrogen (secondary N) is 1. The Labute approximate surface area is 158 Å². The Morgan fingerprint density at radius 3 is 2.62 bits per heavy atom. The molecule has 0 radical (unpaired) electrons. The summed E-state index contributed by atoms with van der Waals surface area (Å²) in [5, 5.41) is 3.98. The summed E-state index contributed by atoms with van der Waals surface area (Å²) in [4.78, 5) is 18.9. The first-order chi connectivity index (χ1) is 12.6. The predicted molar refractivity (Wildman–Crippen MR) is 108 cm³/mol.